The van der Waals surface area contributed by atoms with E-state index >= 15 is 0 Å². The van der Waals surface area contributed by atoms with E-state index in [1.165, 1.54) is 12.7 Å². The molecule has 1 aromatic heterocycles. The number of hydrogen-bond donors (Lipinski definition) is 0. The second-order valence-electron chi connectivity index (χ2n) is 3.41. The molecule has 0 aliphatic carbocycles. The summed E-state index contributed by atoms with van der Waals surface area (Å²) in [5.41, 5.74) is 0. The molecule has 0 radical (unpaired) electrons. The molecule has 14 heavy (non-hydrogen) atoms. The molecule has 0 fully saturated rings. The van der Waals surface area contributed by atoms with Crippen LogP contribution in [0.4, 0.5) is 0 Å². The Hall–Kier alpha value is -1.25. The second-order valence-corrected chi connectivity index (χ2v) is 3.41. The van der Waals surface area contributed by atoms with Crippen molar-refractivity contribution >= 4 is 5.91 Å². The summed E-state index contributed by atoms with van der Waals surface area (Å²) >= 11 is 0. The van der Waals surface area contributed by atoms with Gasteiger partial charge in [0.05, 0.1) is 6.26 Å². The lowest BCUT2D eigenvalue weighted by Crippen LogP contribution is -2.27. The predicted molar refractivity (Wildman–Crippen MR) is 55.2 cm³/mol. The molecule has 1 amide bonds. The number of nitrogens with zero attached hydrogens (tertiary/aromatic N) is 1. The second kappa shape index (κ2) is 5.47. The Morgan fingerprint density at radius 2 is 2.29 bits per heavy atom. The Kier molecular flexibility index (Phi) is 4.23. The van der Waals surface area contributed by atoms with Crippen LogP contribution in [-0.4, -0.2) is 24.4 Å². The first kappa shape index (κ1) is 10.8. The Labute approximate surface area is 84.7 Å². The fraction of sp³-hybridized carbons (Fsp3) is 0.545. The van der Waals surface area contributed by atoms with Gasteiger partial charge in [-0.15, -0.1) is 0 Å². The number of unbranched alkanes of at least 4 members (excludes halogenated alkanes) is 2. The van der Waals surface area contributed by atoms with Gasteiger partial charge in [0.1, 0.15) is 0 Å². The van der Waals surface area contributed by atoms with E-state index in [1.807, 2.05) is 0 Å². The van der Waals surface area contributed by atoms with Crippen molar-refractivity contribution in [3.05, 3.63) is 24.2 Å². The molecule has 1 rings (SSSR count). The summed E-state index contributed by atoms with van der Waals surface area (Å²) in [4.78, 5) is 13.3. The lowest BCUT2D eigenvalue weighted by molar-refractivity contribution is 0.0761. The highest BCUT2D eigenvalue weighted by Crippen LogP contribution is 2.05. The molecule has 0 N–H and O–H groups in total. The molecule has 0 aliphatic rings. The summed E-state index contributed by atoms with van der Waals surface area (Å²) in [5, 5.41) is 0. The molecule has 0 atom stereocenters. The van der Waals surface area contributed by atoms with Gasteiger partial charge in [0, 0.05) is 13.6 Å². The van der Waals surface area contributed by atoms with Gasteiger partial charge in [0.15, 0.2) is 5.76 Å². The first-order valence-electron chi connectivity index (χ1n) is 5.04. The van der Waals surface area contributed by atoms with Gasteiger partial charge in [-0.3, -0.25) is 4.79 Å². The van der Waals surface area contributed by atoms with E-state index in [-0.39, 0.29) is 5.91 Å². The molecule has 3 nitrogen and oxygen atoms in total. The SMILES string of the molecule is CCCCCN(C)C(=O)c1ccco1. The largest absolute Gasteiger partial charge is 0.459 e. The summed E-state index contributed by atoms with van der Waals surface area (Å²) in [5.74, 6) is 0.384. The molecule has 0 saturated heterocycles. The molecule has 0 unspecified atom stereocenters. The number of rotatable bonds is 5. The minimum atomic E-state index is -0.0360. The maximum atomic E-state index is 11.6. The van der Waals surface area contributed by atoms with Crippen LogP contribution in [0.15, 0.2) is 22.8 Å². The van der Waals surface area contributed by atoms with Crippen LogP contribution in [-0.2, 0) is 0 Å². The van der Waals surface area contributed by atoms with E-state index in [0.29, 0.717) is 5.76 Å². The van der Waals surface area contributed by atoms with Crippen molar-refractivity contribution in [2.24, 2.45) is 0 Å². The highest BCUT2D eigenvalue weighted by atomic mass is 16.3. The fourth-order valence-corrected chi connectivity index (χ4v) is 1.29. The highest BCUT2D eigenvalue weighted by Gasteiger charge is 2.12. The van der Waals surface area contributed by atoms with Crippen molar-refractivity contribution in [2.75, 3.05) is 13.6 Å². The van der Waals surface area contributed by atoms with Crippen molar-refractivity contribution < 1.29 is 9.21 Å². The Morgan fingerprint density at radius 1 is 1.50 bits per heavy atom. The third-order valence-corrected chi connectivity index (χ3v) is 2.18. The van der Waals surface area contributed by atoms with Gasteiger partial charge in [-0.25, -0.2) is 0 Å². The molecule has 78 valence electrons. The van der Waals surface area contributed by atoms with E-state index in [9.17, 15) is 4.79 Å². The van der Waals surface area contributed by atoms with Gasteiger partial charge in [0.25, 0.3) is 5.91 Å². The van der Waals surface area contributed by atoms with E-state index in [0.717, 1.165) is 19.4 Å². The van der Waals surface area contributed by atoms with Crippen LogP contribution in [0.5, 0.6) is 0 Å². The minimum absolute atomic E-state index is 0.0360. The van der Waals surface area contributed by atoms with E-state index < -0.39 is 0 Å². The van der Waals surface area contributed by atoms with Crippen molar-refractivity contribution in [3.63, 3.8) is 0 Å². The van der Waals surface area contributed by atoms with Gasteiger partial charge in [0.2, 0.25) is 0 Å². The van der Waals surface area contributed by atoms with Crippen molar-refractivity contribution in [1.29, 1.82) is 0 Å². The van der Waals surface area contributed by atoms with Crippen molar-refractivity contribution in [3.8, 4) is 0 Å². The van der Waals surface area contributed by atoms with Crippen LogP contribution >= 0.6 is 0 Å². The maximum Gasteiger partial charge on any atom is 0.289 e. The Bertz CT molecular complexity index is 267. The van der Waals surface area contributed by atoms with E-state index in [2.05, 4.69) is 6.92 Å². The Morgan fingerprint density at radius 3 is 2.86 bits per heavy atom. The first-order valence-corrected chi connectivity index (χ1v) is 5.04. The van der Waals surface area contributed by atoms with Crippen LogP contribution in [0.1, 0.15) is 36.7 Å². The molecule has 1 heterocycles. The van der Waals surface area contributed by atoms with Crippen LogP contribution < -0.4 is 0 Å². The molecular formula is C11H17NO2. The average molecular weight is 195 g/mol. The average Bonchev–Trinajstić information content (AvgIpc) is 2.69. The molecular weight excluding hydrogens is 178 g/mol. The van der Waals surface area contributed by atoms with Crippen LogP contribution in [0.2, 0.25) is 0 Å². The number of amides is 1. The van der Waals surface area contributed by atoms with Gasteiger partial charge >= 0.3 is 0 Å². The minimum Gasteiger partial charge on any atom is -0.459 e. The first-order chi connectivity index (χ1) is 6.75. The molecule has 0 saturated carbocycles. The zero-order valence-electron chi connectivity index (χ0n) is 8.82. The van der Waals surface area contributed by atoms with Crippen molar-refractivity contribution in [1.82, 2.24) is 4.90 Å². The summed E-state index contributed by atoms with van der Waals surface area (Å²) < 4.78 is 5.03. The van der Waals surface area contributed by atoms with E-state index in [4.69, 9.17) is 4.42 Å². The van der Waals surface area contributed by atoms with Gasteiger partial charge in [-0.05, 0) is 18.6 Å². The maximum absolute atomic E-state index is 11.6. The van der Waals surface area contributed by atoms with Crippen molar-refractivity contribution in [2.45, 2.75) is 26.2 Å². The zero-order chi connectivity index (χ0) is 10.4. The molecule has 0 spiro atoms. The topological polar surface area (TPSA) is 33.5 Å². The molecule has 0 aromatic carbocycles. The molecule has 3 heteroatoms. The summed E-state index contributed by atoms with van der Waals surface area (Å²) in [6, 6.07) is 3.42. The lowest BCUT2D eigenvalue weighted by Gasteiger charge is -2.14. The van der Waals surface area contributed by atoms with Gasteiger partial charge in [-0.2, -0.15) is 0 Å². The third kappa shape index (κ3) is 2.91. The van der Waals surface area contributed by atoms with Gasteiger partial charge < -0.3 is 9.32 Å². The zero-order valence-corrected chi connectivity index (χ0v) is 8.82. The summed E-state index contributed by atoms with van der Waals surface area (Å²) in [6.07, 6.45) is 4.91. The molecule has 0 aliphatic heterocycles. The summed E-state index contributed by atoms with van der Waals surface area (Å²) in [6.45, 7) is 2.95. The Balaban J connectivity index is 2.37. The van der Waals surface area contributed by atoms with Crippen LogP contribution in [0.3, 0.4) is 0 Å². The molecule has 0 bridgehead atoms. The normalized spacial score (nSPS) is 10.1. The third-order valence-electron chi connectivity index (χ3n) is 2.18. The molecule has 1 aromatic rings. The van der Waals surface area contributed by atoms with Gasteiger partial charge in [-0.1, -0.05) is 19.8 Å². The lowest BCUT2D eigenvalue weighted by atomic mass is 10.2. The smallest absolute Gasteiger partial charge is 0.289 e. The van der Waals surface area contributed by atoms with Crippen LogP contribution in [0.25, 0.3) is 0 Å². The fourth-order valence-electron chi connectivity index (χ4n) is 1.29. The number of carbonyl (C=O) groups is 1. The predicted octanol–water partition coefficient (Wildman–Crippen LogP) is 2.54. The number of carbonyl (C=O) groups excluding carboxylic acids is 1. The standard InChI is InChI=1S/C11H17NO2/c1-3-4-5-8-12(2)11(13)10-7-6-9-14-10/h6-7,9H,3-5,8H2,1-2H3. The summed E-state index contributed by atoms with van der Waals surface area (Å²) in [7, 11) is 1.81. The number of furan rings is 1. The quantitative estimate of drug-likeness (QED) is 0.676. The highest BCUT2D eigenvalue weighted by molar-refractivity contribution is 5.91. The number of hydrogen-bond acceptors (Lipinski definition) is 2. The monoisotopic (exact) mass is 195 g/mol. The van der Waals surface area contributed by atoms with E-state index in [1.54, 1.807) is 24.1 Å². The van der Waals surface area contributed by atoms with Crippen LogP contribution in [0, 0.1) is 0 Å².